The number of nitrogens with one attached hydrogen (secondary N) is 2. The van der Waals surface area contributed by atoms with Crippen LogP contribution in [-0.4, -0.2) is 28.5 Å². The molecule has 1 saturated heterocycles. The van der Waals surface area contributed by atoms with Crippen LogP contribution in [0.5, 0.6) is 5.88 Å². The molecule has 2 aromatic heterocycles. The number of hydrogen-bond donors (Lipinski definition) is 2. The van der Waals surface area contributed by atoms with Gasteiger partial charge in [0.2, 0.25) is 11.8 Å². The number of pyridine rings is 2. The normalized spacial score (nSPS) is 16.2. The number of ether oxygens (including phenoxy) is 1. The third kappa shape index (κ3) is 3.36. The summed E-state index contributed by atoms with van der Waals surface area (Å²) in [7, 11) is 0. The van der Waals surface area contributed by atoms with Crippen LogP contribution in [0, 0.1) is 11.8 Å². The minimum absolute atomic E-state index is 0.101. The Labute approximate surface area is 155 Å². The fourth-order valence-electron chi connectivity index (χ4n) is 3.44. The summed E-state index contributed by atoms with van der Waals surface area (Å²) in [5.41, 5.74) is 0.613. The van der Waals surface area contributed by atoms with E-state index in [1.54, 1.807) is 19.3 Å². The lowest BCUT2D eigenvalue weighted by Gasteiger charge is -2.12. The first-order chi connectivity index (χ1) is 13.2. The zero-order valence-electron chi connectivity index (χ0n) is 15.0. The van der Waals surface area contributed by atoms with Crippen LogP contribution in [0.3, 0.4) is 0 Å². The topological polar surface area (TPSA) is 84.1 Å². The van der Waals surface area contributed by atoms with E-state index in [9.17, 15) is 9.59 Å². The minimum atomic E-state index is -0.148. The van der Waals surface area contributed by atoms with Crippen LogP contribution >= 0.6 is 0 Å². The quantitative estimate of drug-likeness (QED) is 0.552. The number of hydrogen-bond acceptors (Lipinski definition) is 4. The number of aromatic nitrogens is 2. The van der Waals surface area contributed by atoms with Gasteiger partial charge in [-0.2, -0.15) is 0 Å². The van der Waals surface area contributed by atoms with Gasteiger partial charge in [-0.15, -0.1) is 5.92 Å². The molecule has 27 heavy (non-hydrogen) atoms. The fourth-order valence-corrected chi connectivity index (χ4v) is 3.44. The first-order valence-electron chi connectivity index (χ1n) is 8.95. The highest BCUT2D eigenvalue weighted by molar-refractivity contribution is 6.01. The number of rotatable bonds is 4. The number of fused-ring (bicyclic) bond motifs is 2. The van der Waals surface area contributed by atoms with Crippen LogP contribution in [0.15, 0.2) is 35.4 Å². The molecule has 1 aliphatic heterocycles. The smallest absolute Gasteiger partial charge is 0.255 e. The molecule has 1 fully saturated rings. The van der Waals surface area contributed by atoms with Crippen LogP contribution in [-0.2, 0) is 4.79 Å². The Bertz CT molecular complexity index is 1150. The number of nitrogens with zero attached hydrogens (tertiary/aromatic N) is 1. The molecule has 1 aliphatic rings. The van der Waals surface area contributed by atoms with Crippen molar-refractivity contribution in [1.29, 1.82) is 0 Å². The van der Waals surface area contributed by atoms with Crippen molar-refractivity contribution in [3.05, 3.63) is 46.5 Å². The van der Waals surface area contributed by atoms with E-state index in [1.807, 2.05) is 18.2 Å². The van der Waals surface area contributed by atoms with E-state index in [1.165, 1.54) is 0 Å². The lowest BCUT2D eigenvalue weighted by Crippen LogP contribution is -2.26. The first kappa shape index (κ1) is 17.1. The predicted molar refractivity (Wildman–Crippen MR) is 104 cm³/mol. The van der Waals surface area contributed by atoms with Gasteiger partial charge in [0, 0.05) is 53.0 Å². The summed E-state index contributed by atoms with van der Waals surface area (Å²) in [6.07, 6.45) is 5.47. The van der Waals surface area contributed by atoms with E-state index >= 15 is 0 Å². The maximum absolute atomic E-state index is 12.2. The Morgan fingerprint density at radius 3 is 2.93 bits per heavy atom. The SMILES string of the molecule is CC#Cc1c[nH]c(=O)c2cc3ccnc(OCC[C@@H]4CCC(=O)N4)c3cc12. The molecule has 3 aromatic rings. The molecule has 1 amide bonds. The van der Waals surface area contributed by atoms with Crippen molar-refractivity contribution in [2.24, 2.45) is 0 Å². The third-order valence-corrected chi connectivity index (χ3v) is 4.80. The average Bonchev–Trinajstić information content (AvgIpc) is 3.08. The van der Waals surface area contributed by atoms with Gasteiger partial charge < -0.3 is 15.0 Å². The Kier molecular flexibility index (Phi) is 4.51. The highest BCUT2D eigenvalue weighted by Crippen LogP contribution is 2.28. The van der Waals surface area contributed by atoms with Gasteiger partial charge in [0.25, 0.3) is 5.56 Å². The number of carbonyl (C=O) groups excluding carboxylic acids is 1. The molecule has 0 saturated carbocycles. The zero-order chi connectivity index (χ0) is 18.8. The van der Waals surface area contributed by atoms with Gasteiger partial charge >= 0.3 is 0 Å². The summed E-state index contributed by atoms with van der Waals surface area (Å²) in [6, 6.07) is 5.78. The van der Waals surface area contributed by atoms with Gasteiger partial charge in [-0.3, -0.25) is 9.59 Å². The van der Waals surface area contributed by atoms with Crippen LogP contribution in [0.1, 0.15) is 31.7 Å². The molecule has 0 bridgehead atoms. The number of carbonyl (C=O) groups is 1. The second-order valence-corrected chi connectivity index (χ2v) is 6.58. The van der Waals surface area contributed by atoms with E-state index in [0.29, 0.717) is 24.3 Å². The van der Waals surface area contributed by atoms with Crippen molar-refractivity contribution >= 4 is 27.5 Å². The zero-order valence-corrected chi connectivity index (χ0v) is 15.0. The molecule has 1 atom stereocenters. The molecule has 0 spiro atoms. The van der Waals surface area contributed by atoms with E-state index in [0.717, 1.165) is 34.6 Å². The largest absolute Gasteiger partial charge is 0.477 e. The van der Waals surface area contributed by atoms with Gasteiger partial charge in [-0.05, 0) is 36.9 Å². The summed E-state index contributed by atoms with van der Waals surface area (Å²) < 4.78 is 5.91. The average molecular weight is 361 g/mol. The van der Waals surface area contributed by atoms with Gasteiger partial charge in [-0.1, -0.05) is 5.92 Å². The maximum Gasteiger partial charge on any atom is 0.255 e. The molecule has 136 valence electrons. The Morgan fingerprint density at radius 1 is 1.26 bits per heavy atom. The lowest BCUT2D eigenvalue weighted by molar-refractivity contribution is -0.119. The highest BCUT2D eigenvalue weighted by atomic mass is 16.5. The highest BCUT2D eigenvalue weighted by Gasteiger charge is 2.20. The van der Waals surface area contributed by atoms with Gasteiger partial charge in [0.15, 0.2) is 0 Å². The molecule has 6 nitrogen and oxygen atoms in total. The van der Waals surface area contributed by atoms with Crippen molar-refractivity contribution in [3.63, 3.8) is 0 Å². The number of amides is 1. The fraction of sp³-hybridized carbons (Fsp3) is 0.286. The van der Waals surface area contributed by atoms with Gasteiger partial charge in [-0.25, -0.2) is 4.98 Å². The monoisotopic (exact) mass is 361 g/mol. The molecular formula is C21H19N3O3. The predicted octanol–water partition coefficient (Wildman–Crippen LogP) is 2.50. The third-order valence-electron chi connectivity index (χ3n) is 4.80. The molecule has 0 unspecified atom stereocenters. The standard InChI is InChI=1S/C21H19N3O3/c1-2-3-14-12-23-20(26)18-10-13-6-8-22-21(17(13)11-16(14)18)27-9-7-15-4-5-19(25)24-15/h6,8,10-12,15H,4-5,7,9H2,1H3,(H,23,26)(H,24,25)/t15-/m0/s1. The summed E-state index contributed by atoms with van der Waals surface area (Å²) in [4.78, 5) is 30.6. The molecule has 0 radical (unpaired) electrons. The number of benzene rings is 1. The summed E-state index contributed by atoms with van der Waals surface area (Å²) in [5.74, 6) is 6.52. The van der Waals surface area contributed by atoms with Crippen molar-refractivity contribution in [2.45, 2.75) is 32.2 Å². The van der Waals surface area contributed by atoms with Gasteiger partial charge in [0.1, 0.15) is 0 Å². The molecule has 2 N–H and O–H groups in total. The second kappa shape index (κ2) is 7.12. The van der Waals surface area contributed by atoms with Crippen molar-refractivity contribution in [3.8, 4) is 17.7 Å². The summed E-state index contributed by atoms with van der Waals surface area (Å²) in [5, 5.41) is 6.03. The Morgan fingerprint density at radius 2 is 2.15 bits per heavy atom. The number of aromatic amines is 1. The van der Waals surface area contributed by atoms with Crippen LogP contribution in [0.4, 0.5) is 0 Å². The van der Waals surface area contributed by atoms with E-state index in [-0.39, 0.29) is 17.5 Å². The minimum Gasteiger partial charge on any atom is -0.477 e. The molecule has 3 heterocycles. The number of H-pyrrole nitrogens is 1. The van der Waals surface area contributed by atoms with E-state index < -0.39 is 0 Å². The maximum atomic E-state index is 12.2. The van der Waals surface area contributed by atoms with Crippen LogP contribution in [0.25, 0.3) is 21.5 Å². The second-order valence-electron chi connectivity index (χ2n) is 6.58. The molecule has 4 rings (SSSR count). The van der Waals surface area contributed by atoms with E-state index in [2.05, 4.69) is 27.1 Å². The summed E-state index contributed by atoms with van der Waals surface area (Å²) in [6.45, 7) is 2.22. The molecule has 6 heteroatoms. The van der Waals surface area contributed by atoms with Gasteiger partial charge in [0.05, 0.1) is 6.61 Å². The Hall–Kier alpha value is -3.33. The van der Waals surface area contributed by atoms with Crippen molar-refractivity contribution in [2.75, 3.05) is 6.61 Å². The Balaban J connectivity index is 1.69. The molecular weight excluding hydrogens is 342 g/mol. The van der Waals surface area contributed by atoms with Crippen LogP contribution in [0.2, 0.25) is 0 Å². The summed E-state index contributed by atoms with van der Waals surface area (Å²) >= 11 is 0. The lowest BCUT2D eigenvalue weighted by atomic mass is 10.0. The molecule has 1 aromatic carbocycles. The molecule has 0 aliphatic carbocycles. The van der Waals surface area contributed by atoms with Crippen LogP contribution < -0.4 is 15.6 Å². The van der Waals surface area contributed by atoms with E-state index in [4.69, 9.17) is 4.74 Å². The first-order valence-corrected chi connectivity index (χ1v) is 8.95. The van der Waals surface area contributed by atoms with Crippen molar-refractivity contribution in [1.82, 2.24) is 15.3 Å². The van der Waals surface area contributed by atoms with Crippen molar-refractivity contribution < 1.29 is 9.53 Å².